The van der Waals surface area contributed by atoms with Gasteiger partial charge in [-0.2, -0.15) is 4.72 Å². The molecule has 0 saturated heterocycles. The Labute approximate surface area is 153 Å². The van der Waals surface area contributed by atoms with Gasteiger partial charge in [0.05, 0.1) is 30.7 Å². The van der Waals surface area contributed by atoms with E-state index in [1.807, 2.05) is 6.92 Å². The molecule has 0 radical (unpaired) electrons. The fourth-order valence-electron chi connectivity index (χ4n) is 2.36. The first-order valence-electron chi connectivity index (χ1n) is 8.42. The topological polar surface area (TPSA) is 97.6 Å². The number of unbranched alkanes of at least 4 members (excludes halogenated alkanes) is 1. The van der Waals surface area contributed by atoms with Crippen molar-refractivity contribution in [3.05, 3.63) is 48.4 Å². The number of benzene rings is 1. The van der Waals surface area contributed by atoms with Gasteiger partial charge in [0.1, 0.15) is 11.5 Å². The largest absolute Gasteiger partial charge is 0.497 e. The average molecular weight is 380 g/mol. The van der Waals surface area contributed by atoms with Crippen LogP contribution in [0.15, 0.2) is 52.0 Å². The quantitative estimate of drug-likeness (QED) is 0.618. The van der Waals surface area contributed by atoms with Gasteiger partial charge in [-0.25, -0.2) is 8.42 Å². The lowest BCUT2D eigenvalue weighted by Crippen LogP contribution is -2.34. The van der Waals surface area contributed by atoms with Crippen LogP contribution in [0.1, 0.15) is 38.0 Å². The summed E-state index contributed by atoms with van der Waals surface area (Å²) in [6.45, 7) is 2.59. The van der Waals surface area contributed by atoms with Gasteiger partial charge in [0.15, 0.2) is 0 Å². The second-order valence-corrected chi connectivity index (χ2v) is 7.49. The number of rotatable bonds is 10. The van der Waals surface area contributed by atoms with Crippen LogP contribution in [0.25, 0.3) is 0 Å². The van der Waals surface area contributed by atoms with Crippen LogP contribution >= 0.6 is 0 Å². The molecule has 26 heavy (non-hydrogen) atoms. The summed E-state index contributed by atoms with van der Waals surface area (Å²) in [5.74, 6) is 0.701. The maximum atomic E-state index is 12.7. The van der Waals surface area contributed by atoms with Crippen LogP contribution in [-0.2, 0) is 14.8 Å². The fourth-order valence-corrected chi connectivity index (χ4v) is 3.57. The van der Waals surface area contributed by atoms with Gasteiger partial charge in [0.25, 0.3) is 0 Å². The first-order valence-corrected chi connectivity index (χ1v) is 9.91. The second-order valence-electron chi connectivity index (χ2n) is 5.77. The lowest BCUT2D eigenvalue weighted by molar-refractivity contribution is -0.121. The predicted octanol–water partition coefficient (Wildman–Crippen LogP) is 2.61. The molecule has 2 rings (SSSR count). The highest BCUT2D eigenvalue weighted by molar-refractivity contribution is 7.89. The molecule has 0 fully saturated rings. The molecule has 142 valence electrons. The van der Waals surface area contributed by atoms with Crippen molar-refractivity contribution in [3.63, 3.8) is 0 Å². The highest BCUT2D eigenvalue weighted by atomic mass is 32.2. The van der Waals surface area contributed by atoms with Gasteiger partial charge in [-0.15, -0.1) is 0 Å². The minimum absolute atomic E-state index is 0.0490. The molecule has 1 amide bonds. The van der Waals surface area contributed by atoms with E-state index >= 15 is 0 Å². The zero-order valence-electron chi connectivity index (χ0n) is 14.9. The molecular formula is C18H24N2O5S. The first kappa shape index (κ1) is 20.0. The molecule has 0 aliphatic carbocycles. The maximum absolute atomic E-state index is 12.7. The Balaban J connectivity index is 2.13. The van der Waals surface area contributed by atoms with Crippen LogP contribution in [0, 0.1) is 0 Å². The summed E-state index contributed by atoms with van der Waals surface area (Å²) in [5, 5.41) is 2.78. The van der Waals surface area contributed by atoms with E-state index in [-0.39, 0.29) is 17.2 Å². The second kappa shape index (κ2) is 9.40. The highest BCUT2D eigenvalue weighted by Gasteiger charge is 2.25. The van der Waals surface area contributed by atoms with Gasteiger partial charge in [-0.1, -0.05) is 13.3 Å². The van der Waals surface area contributed by atoms with Crippen molar-refractivity contribution >= 4 is 15.9 Å². The fraction of sp³-hybridized carbons (Fsp3) is 0.389. The predicted molar refractivity (Wildman–Crippen MR) is 97.3 cm³/mol. The van der Waals surface area contributed by atoms with Crippen LogP contribution in [0.2, 0.25) is 0 Å². The molecule has 1 aromatic heterocycles. The number of ether oxygens (including phenoxy) is 1. The van der Waals surface area contributed by atoms with Crippen molar-refractivity contribution in [2.45, 2.75) is 37.1 Å². The molecule has 0 spiro atoms. The smallest absolute Gasteiger partial charge is 0.241 e. The summed E-state index contributed by atoms with van der Waals surface area (Å²) in [5.41, 5.74) is 0. The monoisotopic (exact) mass is 380 g/mol. The summed E-state index contributed by atoms with van der Waals surface area (Å²) in [4.78, 5) is 12.2. The number of furan rings is 1. The number of hydrogen-bond acceptors (Lipinski definition) is 5. The van der Waals surface area contributed by atoms with Gasteiger partial charge in [0, 0.05) is 6.54 Å². The molecule has 1 unspecified atom stereocenters. The maximum Gasteiger partial charge on any atom is 0.241 e. The van der Waals surface area contributed by atoms with Gasteiger partial charge >= 0.3 is 0 Å². The number of sulfonamides is 1. The van der Waals surface area contributed by atoms with Crippen molar-refractivity contribution in [2.24, 2.45) is 0 Å². The molecule has 0 aliphatic heterocycles. The van der Waals surface area contributed by atoms with Crippen molar-refractivity contribution < 1.29 is 22.4 Å². The van der Waals surface area contributed by atoms with Crippen molar-refractivity contribution in [1.29, 1.82) is 0 Å². The van der Waals surface area contributed by atoms with Crippen LogP contribution in [0.3, 0.4) is 0 Å². The molecule has 0 aliphatic rings. The highest BCUT2D eigenvalue weighted by Crippen LogP contribution is 2.22. The number of nitrogens with one attached hydrogen (secondary N) is 2. The zero-order chi connectivity index (χ0) is 19.0. The van der Waals surface area contributed by atoms with Gasteiger partial charge in [-0.05, 0) is 42.8 Å². The molecule has 0 saturated carbocycles. The van der Waals surface area contributed by atoms with Crippen LogP contribution in [-0.4, -0.2) is 28.0 Å². The van der Waals surface area contributed by atoms with Crippen molar-refractivity contribution in [1.82, 2.24) is 10.0 Å². The van der Waals surface area contributed by atoms with Crippen molar-refractivity contribution in [3.8, 4) is 5.75 Å². The van der Waals surface area contributed by atoms with Gasteiger partial charge < -0.3 is 14.5 Å². The standard InChI is InChI=1S/C18H24N2O5S/c1-3-4-11-19-18(21)13-16(17-6-5-12-25-17)20-26(22,23)15-9-7-14(24-2)8-10-15/h5-10,12,16,20H,3-4,11,13H2,1-2H3,(H,19,21). The summed E-state index contributed by atoms with van der Waals surface area (Å²) in [6, 6.07) is 8.52. The molecule has 1 heterocycles. The van der Waals surface area contributed by atoms with Crippen molar-refractivity contribution in [2.75, 3.05) is 13.7 Å². The Kier molecular flexibility index (Phi) is 7.23. The molecule has 2 N–H and O–H groups in total. The minimum atomic E-state index is -3.83. The van der Waals surface area contributed by atoms with E-state index in [0.717, 1.165) is 12.8 Å². The van der Waals surface area contributed by atoms with E-state index in [0.29, 0.717) is 18.1 Å². The van der Waals surface area contributed by atoms with Gasteiger partial charge in [0.2, 0.25) is 15.9 Å². The van der Waals surface area contributed by atoms with E-state index in [2.05, 4.69) is 10.0 Å². The molecule has 0 bridgehead atoms. The van der Waals surface area contributed by atoms with Crippen LogP contribution in [0.5, 0.6) is 5.75 Å². The lowest BCUT2D eigenvalue weighted by atomic mass is 10.1. The zero-order valence-corrected chi connectivity index (χ0v) is 15.7. The Morgan fingerprint density at radius 1 is 1.23 bits per heavy atom. The summed E-state index contributed by atoms with van der Waals surface area (Å²) < 4.78 is 38.2. The van der Waals surface area contributed by atoms with E-state index in [1.165, 1.54) is 25.5 Å². The third kappa shape index (κ3) is 5.60. The SMILES string of the molecule is CCCCNC(=O)CC(NS(=O)(=O)c1ccc(OC)cc1)c1ccco1. The van der Waals surface area contributed by atoms with E-state index < -0.39 is 16.1 Å². The number of hydrogen-bond donors (Lipinski definition) is 2. The number of carbonyl (C=O) groups excluding carboxylic acids is 1. The molecule has 1 aromatic carbocycles. The Bertz CT molecular complexity index is 785. The average Bonchev–Trinajstić information content (AvgIpc) is 3.16. The molecule has 1 atom stereocenters. The lowest BCUT2D eigenvalue weighted by Gasteiger charge is -2.17. The van der Waals surface area contributed by atoms with E-state index in [1.54, 1.807) is 24.3 Å². The third-order valence-corrected chi connectivity index (χ3v) is 5.28. The van der Waals surface area contributed by atoms with Crippen LogP contribution < -0.4 is 14.8 Å². The van der Waals surface area contributed by atoms with E-state index in [9.17, 15) is 13.2 Å². The number of amides is 1. The van der Waals surface area contributed by atoms with Crippen LogP contribution in [0.4, 0.5) is 0 Å². The number of methoxy groups -OCH3 is 1. The summed E-state index contributed by atoms with van der Waals surface area (Å²) in [6.07, 6.45) is 3.23. The summed E-state index contributed by atoms with van der Waals surface area (Å²) in [7, 11) is -2.32. The minimum Gasteiger partial charge on any atom is -0.497 e. The Morgan fingerprint density at radius 3 is 2.54 bits per heavy atom. The summed E-state index contributed by atoms with van der Waals surface area (Å²) >= 11 is 0. The molecule has 8 heteroatoms. The molecular weight excluding hydrogens is 356 g/mol. The Hall–Kier alpha value is -2.32. The normalized spacial score (nSPS) is 12.5. The Morgan fingerprint density at radius 2 is 1.96 bits per heavy atom. The molecule has 2 aromatic rings. The first-order chi connectivity index (χ1) is 12.5. The molecule has 7 nitrogen and oxygen atoms in total. The third-order valence-electron chi connectivity index (χ3n) is 3.80. The van der Waals surface area contributed by atoms with E-state index in [4.69, 9.17) is 9.15 Å². The number of carbonyl (C=O) groups is 1. The van der Waals surface area contributed by atoms with Gasteiger partial charge in [-0.3, -0.25) is 4.79 Å².